The minimum absolute atomic E-state index is 0.144. The minimum Gasteiger partial charge on any atom is -0.423 e. The van der Waals surface area contributed by atoms with Crippen LogP contribution in [0.5, 0.6) is 5.75 Å². The van der Waals surface area contributed by atoms with Gasteiger partial charge in [-0.2, -0.15) is 5.26 Å². The van der Waals surface area contributed by atoms with Crippen LogP contribution >= 0.6 is 11.6 Å². The van der Waals surface area contributed by atoms with E-state index in [1.54, 1.807) is 72.8 Å². The lowest BCUT2D eigenvalue weighted by molar-refractivity contribution is -0.112. The second-order valence-electron chi connectivity index (χ2n) is 6.69. The molecule has 0 radical (unpaired) electrons. The van der Waals surface area contributed by atoms with Gasteiger partial charge in [0.1, 0.15) is 17.4 Å². The Morgan fingerprint density at radius 1 is 0.969 bits per heavy atom. The summed E-state index contributed by atoms with van der Waals surface area (Å²) in [4.78, 5) is 36.4. The van der Waals surface area contributed by atoms with E-state index in [4.69, 9.17) is 16.3 Å². The van der Waals surface area contributed by atoms with Crippen LogP contribution in [-0.4, -0.2) is 17.7 Å². The minimum atomic E-state index is -0.639. The Morgan fingerprint density at radius 3 is 2.25 bits per heavy atom. The quantitative estimate of drug-likeness (QED) is 0.183. The molecule has 0 saturated heterocycles. The number of nitrogens with zero attached hydrogens (tertiary/aromatic N) is 1. The van der Waals surface area contributed by atoms with E-state index >= 15 is 0 Å². The Kier molecular flexibility index (Phi) is 7.17. The molecule has 0 heterocycles. The van der Waals surface area contributed by atoms with Crippen LogP contribution in [0.1, 0.15) is 33.2 Å². The molecule has 3 rings (SSSR count). The molecule has 32 heavy (non-hydrogen) atoms. The summed E-state index contributed by atoms with van der Waals surface area (Å²) in [6.45, 7) is 1.40. The molecular weight excluding hydrogens is 428 g/mol. The molecular formula is C25H17ClN2O4. The number of anilines is 1. The van der Waals surface area contributed by atoms with Crippen molar-refractivity contribution in [3.05, 3.63) is 100 Å². The Morgan fingerprint density at radius 2 is 1.62 bits per heavy atom. The summed E-state index contributed by atoms with van der Waals surface area (Å²) in [5.74, 6) is -1.07. The van der Waals surface area contributed by atoms with Gasteiger partial charge in [0.05, 0.1) is 11.3 Å². The number of halogens is 1. The van der Waals surface area contributed by atoms with E-state index in [2.05, 4.69) is 5.32 Å². The van der Waals surface area contributed by atoms with Gasteiger partial charge in [0.2, 0.25) is 0 Å². The van der Waals surface area contributed by atoms with Gasteiger partial charge in [-0.25, -0.2) is 4.79 Å². The normalized spacial score (nSPS) is 10.7. The van der Waals surface area contributed by atoms with Crippen molar-refractivity contribution >= 4 is 41.0 Å². The van der Waals surface area contributed by atoms with E-state index in [-0.39, 0.29) is 11.4 Å². The number of ether oxygens (including phenoxy) is 1. The Bertz CT molecular complexity index is 1240. The molecule has 0 spiro atoms. The van der Waals surface area contributed by atoms with E-state index in [9.17, 15) is 19.6 Å². The third-order valence-electron chi connectivity index (χ3n) is 4.40. The fraction of sp³-hybridized carbons (Fsp3) is 0.0400. The zero-order chi connectivity index (χ0) is 23.1. The van der Waals surface area contributed by atoms with Crippen molar-refractivity contribution in [1.29, 1.82) is 5.26 Å². The van der Waals surface area contributed by atoms with Gasteiger partial charge in [-0.05, 0) is 67.1 Å². The zero-order valence-corrected chi connectivity index (χ0v) is 17.7. The lowest BCUT2D eigenvalue weighted by Crippen LogP contribution is -2.15. The predicted octanol–water partition coefficient (Wildman–Crippen LogP) is 5.31. The SMILES string of the molecule is CC(=O)c1ccccc1NC(=O)/C(C#N)=C\c1ccc(OC(=O)c2ccc(Cl)cc2)cc1. The number of hydrogen-bond donors (Lipinski definition) is 1. The summed E-state index contributed by atoms with van der Waals surface area (Å²) in [6.07, 6.45) is 1.40. The smallest absolute Gasteiger partial charge is 0.343 e. The molecule has 0 aliphatic rings. The van der Waals surface area contributed by atoms with Gasteiger partial charge in [0, 0.05) is 10.6 Å². The molecule has 0 atom stereocenters. The van der Waals surface area contributed by atoms with Gasteiger partial charge in [-0.15, -0.1) is 0 Å². The predicted molar refractivity (Wildman–Crippen MR) is 122 cm³/mol. The molecule has 6 nitrogen and oxygen atoms in total. The van der Waals surface area contributed by atoms with Crippen LogP contribution in [-0.2, 0) is 4.79 Å². The maximum absolute atomic E-state index is 12.5. The van der Waals surface area contributed by atoms with Crippen molar-refractivity contribution in [1.82, 2.24) is 0 Å². The summed E-state index contributed by atoms with van der Waals surface area (Å²) >= 11 is 5.81. The molecule has 0 saturated carbocycles. The number of carbonyl (C=O) groups is 3. The molecule has 1 N–H and O–H groups in total. The van der Waals surface area contributed by atoms with Crippen LogP contribution in [0.3, 0.4) is 0 Å². The maximum Gasteiger partial charge on any atom is 0.343 e. The average Bonchev–Trinajstić information content (AvgIpc) is 2.79. The Labute approximate surface area is 189 Å². The number of esters is 1. The molecule has 158 valence electrons. The first-order chi connectivity index (χ1) is 15.4. The van der Waals surface area contributed by atoms with E-state index in [1.807, 2.05) is 6.07 Å². The Balaban J connectivity index is 1.72. The number of hydrogen-bond acceptors (Lipinski definition) is 5. The molecule has 0 aliphatic carbocycles. The molecule has 0 bridgehead atoms. The largest absolute Gasteiger partial charge is 0.423 e. The third-order valence-corrected chi connectivity index (χ3v) is 4.65. The second-order valence-corrected chi connectivity index (χ2v) is 7.13. The fourth-order valence-electron chi connectivity index (χ4n) is 2.79. The Hall–Kier alpha value is -4.21. The number of para-hydroxylation sites is 1. The van der Waals surface area contributed by atoms with Crippen LogP contribution in [0.2, 0.25) is 5.02 Å². The van der Waals surface area contributed by atoms with Crippen LogP contribution in [0.15, 0.2) is 78.4 Å². The highest BCUT2D eigenvalue weighted by Crippen LogP contribution is 2.19. The molecule has 3 aromatic rings. The third kappa shape index (κ3) is 5.69. The first-order valence-corrected chi connectivity index (χ1v) is 9.86. The highest BCUT2D eigenvalue weighted by Gasteiger charge is 2.14. The number of carbonyl (C=O) groups excluding carboxylic acids is 3. The van der Waals surface area contributed by atoms with Gasteiger partial charge in [-0.3, -0.25) is 9.59 Å². The molecule has 7 heteroatoms. The maximum atomic E-state index is 12.5. The van der Waals surface area contributed by atoms with E-state index in [1.165, 1.54) is 13.0 Å². The molecule has 0 fully saturated rings. The zero-order valence-electron chi connectivity index (χ0n) is 17.0. The van der Waals surface area contributed by atoms with Crippen molar-refractivity contribution in [3.8, 4) is 11.8 Å². The highest BCUT2D eigenvalue weighted by molar-refractivity contribution is 6.30. The van der Waals surface area contributed by atoms with Crippen molar-refractivity contribution in [3.63, 3.8) is 0 Å². The summed E-state index contributed by atoms with van der Waals surface area (Å²) in [5.41, 5.74) is 1.45. The standard InChI is InChI=1S/C25H17ClN2O4/c1-16(29)22-4-2-3-5-23(22)28-24(30)19(15-27)14-17-6-12-21(13-7-17)32-25(31)18-8-10-20(26)11-9-18/h2-14H,1H3,(H,28,30)/b19-14-. The first kappa shape index (κ1) is 22.5. The first-order valence-electron chi connectivity index (χ1n) is 9.48. The molecule has 0 aromatic heterocycles. The molecule has 1 amide bonds. The van der Waals surface area contributed by atoms with Gasteiger partial charge in [0.25, 0.3) is 5.91 Å². The number of nitrogens with one attached hydrogen (secondary N) is 1. The summed E-state index contributed by atoms with van der Waals surface area (Å²) in [5, 5.41) is 12.5. The summed E-state index contributed by atoms with van der Waals surface area (Å²) < 4.78 is 5.31. The van der Waals surface area contributed by atoms with Gasteiger partial charge in [-0.1, -0.05) is 35.9 Å². The van der Waals surface area contributed by atoms with E-state index in [0.717, 1.165) is 0 Å². The lowest BCUT2D eigenvalue weighted by Gasteiger charge is -2.08. The van der Waals surface area contributed by atoms with Gasteiger partial charge < -0.3 is 10.1 Å². The van der Waals surface area contributed by atoms with Crippen LogP contribution in [0.4, 0.5) is 5.69 Å². The number of ketones is 1. The number of benzene rings is 3. The number of rotatable bonds is 6. The summed E-state index contributed by atoms with van der Waals surface area (Å²) in [7, 11) is 0. The van der Waals surface area contributed by atoms with Gasteiger partial charge in [0.15, 0.2) is 5.78 Å². The topological polar surface area (TPSA) is 96.3 Å². The fourth-order valence-corrected chi connectivity index (χ4v) is 2.91. The lowest BCUT2D eigenvalue weighted by atomic mass is 10.1. The van der Waals surface area contributed by atoms with Crippen LogP contribution < -0.4 is 10.1 Å². The van der Waals surface area contributed by atoms with Crippen LogP contribution in [0.25, 0.3) is 6.08 Å². The van der Waals surface area contributed by atoms with Crippen molar-refractivity contribution in [2.45, 2.75) is 6.92 Å². The van der Waals surface area contributed by atoms with Crippen LogP contribution in [0, 0.1) is 11.3 Å². The number of nitriles is 1. The number of Topliss-reactive ketones (excluding diaryl/α,β-unsaturated/α-hetero) is 1. The molecule has 0 unspecified atom stereocenters. The van der Waals surface area contributed by atoms with Gasteiger partial charge >= 0.3 is 5.97 Å². The second kappa shape index (κ2) is 10.2. The highest BCUT2D eigenvalue weighted by atomic mass is 35.5. The number of amides is 1. The van der Waals surface area contributed by atoms with Crippen molar-refractivity contribution in [2.24, 2.45) is 0 Å². The van der Waals surface area contributed by atoms with E-state index < -0.39 is 11.9 Å². The van der Waals surface area contributed by atoms with Crippen molar-refractivity contribution in [2.75, 3.05) is 5.32 Å². The van der Waals surface area contributed by atoms with E-state index in [0.29, 0.717) is 33.1 Å². The summed E-state index contributed by atoms with van der Waals surface area (Å²) in [6, 6.07) is 21.0. The molecule has 0 aliphatic heterocycles. The average molecular weight is 445 g/mol. The monoisotopic (exact) mass is 444 g/mol. The molecule has 3 aromatic carbocycles. The van der Waals surface area contributed by atoms with Crippen molar-refractivity contribution < 1.29 is 19.1 Å².